The number of anilines is 1. The fourth-order valence-electron chi connectivity index (χ4n) is 2.94. The van der Waals surface area contributed by atoms with E-state index in [1.807, 2.05) is 0 Å². The summed E-state index contributed by atoms with van der Waals surface area (Å²) in [7, 11) is 0. The number of thiazole rings is 1. The van der Waals surface area contributed by atoms with Crippen LogP contribution in [0.15, 0.2) is 0 Å². The van der Waals surface area contributed by atoms with Gasteiger partial charge in [-0.3, -0.25) is 4.79 Å². The van der Waals surface area contributed by atoms with Gasteiger partial charge in [0.15, 0.2) is 5.13 Å². The van der Waals surface area contributed by atoms with Gasteiger partial charge in [0.2, 0.25) is 5.91 Å². The summed E-state index contributed by atoms with van der Waals surface area (Å²) in [6.45, 7) is 3.13. The summed E-state index contributed by atoms with van der Waals surface area (Å²) >= 11 is 1.65. The molecular weight excluding hydrogens is 272 g/mol. The van der Waals surface area contributed by atoms with Crippen LogP contribution in [-0.2, 0) is 22.4 Å². The molecule has 1 aliphatic heterocycles. The van der Waals surface area contributed by atoms with E-state index >= 15 is 0 Å². The van der Waals surface area contributed by atoms with Crippen molar-refractivity contribution in [1.29, 1.82) is 0 Å². The molecule has 2 atom stereocenters. The third-order valence-corrected chi connectivity index (χ3v) is 5.19. The Morgan fingerprint density at radius 2 is 2.40 bits per heavy atom. The van der Waals surface area contributed by atoms with Crippen LogP contribution in [0.3, 0.4) is 0 Å². The van der Waals surface area contributed by atoms with Crippen molar-refractivity contribution in [2.75, 3.05) is 11.9 Å². The summed E-state index contributed by atoms with van der Waals surface area (Å²) in [4.78, 5) is 17.9. The molecule has 0 spiro atoms. The van der Waals surface area contributed by atoms with Crippen LogP contribution in [0.25, 0.3) is 0 Å². The second-order valence-electron chi connectivity index (χ2n) is 5.96. The Morgan fingerprint density at radius 1 is 1.50 bits per heavy atom. The second-order valence-corrected chi connectivity index (χ2v) is 7.04. The molecule has 1 amide bonds. The Balaban J connectivity index is 1.51. The normalized spacial score (nSPS) is 25.4. The molecular formula is C15H22N2O2S. The highest BCUT2D eigenvalue weighted by Crippen LogP contribution is 2.32. The fraction of sp³-hybridized carbons (Fsp3) is 0.733. The van der Waals surface area contributed by atoms with Crippen LogP contribution in [0.1, 0.15) is 49.6 Å². The zero-order valence-corrected chi connectivity index (χ0v) is 12.8. The Labute approximate surface area is 123 Å². The summed E-state index contributed by atoms with van der Waals surface area (Å²) in [5.41, 5.74) is 1.20. The van der Waals surface area contributed by atoms with Crippen LogP contribution in [0.2, 0.25) is 0 Å². The first-order chi connectivity index (χ1) is 9.70. The minimum absolute atomic E-state index is 0.0691. The summed E-state index contributed by atoms with van der Waals surface area (Å²) in [5.74, 6) is 0.811. The molecule has 0 bridgehead atoms. The Hall–Kier alpha value is -0.940. The predicted molar refractivity (Wildman–Crippen MR) is 80.1 cm³/mol. The molecule has 1 aromatic heterocycles. The molecule has 110 valence electrons. The Morgan fingerprint density at radius 3 is 3.20 bits per heavy atom. The van der Waals surface area contributed by atoms with Gasteiger partial charge in [-0.25, -0.2) is 4.98 Å². The topological polar surface area (TPSA) is 51.2 Å². The number of nitrogens with zero attached hydrogens (tertiary/aromatic N) is 1. The number of aryl methyl sites for hydroxylation is 1. The predicted octanol–water partition coefficient (Wildman–Crippen LogP) is 3.17. The van der Waals surface area contributed by atoms with Crippen LogP contribution in [0.4, 0.5) is 5.13 Å². The summed E-state index contributed by atoms with van der Waals surface area (Å²) in [6, 6.07) is 0. The van der Waals surface area contributed by atoms with Gasteiger partial charge in [-0.15, -0.1) is 11.3 Å². The van der Waals surface area contributed by atoms with Gasteiger partial charge < -0.3 is 10.1 Å². The number of hydrogen-bond donors (Lipinski definition) is 1. The largest absolute Gasteiger partial charge is 0.378 e. The molecule has 2 heterocycles. The van der Waals surface area contributed by atoms with E-state index in [0.29, 0.717) is 6.42 Å². The third-order valence-electron chi connectivity index (χ3n) is 4.15. The van der Waals surface area contributed by atoms with Crippen molar-refractivity contribution in [3.8, 4) is 0 Å². The first kappa shape index (κ1) is 14.0. The maximum absolute atomic E-state index is 11.9. The third kappa shape index (κ3) is 3.38. The lowest BCUT2D eigenvalue weighted by atomic mass is 9.93. The van der Waals surface area contributed by atoms with E-state index in [9.17, 15) is 4.79 Å². The molecule has 3 rings (SSSR count). The molecule has 1 fully saturated rings. The van der Waals surface area contributed by atoms with Crippen molar-refractivity contribution in [2.24, 2.45) is 5.92 Å². The van der Waals surface area contributed by atoms with Crippen LogP contribution in [-0.4, -0.2) is 23.6 Å². The van der Waals surface area contributed by atoms with Crippen molar-refractivity contribution in [3.05, 3.63) is 10.6 Å². The minimum atomic E-state index is 0.0691. The maximum Gasteiger partial charge on any atom is 0.226 e. The van der Waals surface area contributed by atoms with Gasteiger partial charge in [0.25, 0.3) is 0 Å². The first-order valence-electron chi connectivity index (χ1n) is 7.60. The van der Waals surface area contributed by atoms with E-state index in [4.69, 9.17) is 4.74 Å². The standard InChI is InChI=1S/C15H22N2O2S/c1-10-4-6-12-13(9-10)20-15(16-12)17-14(18)7-5-11-3-2-8-19-11/h10-11H,2-9H2,1H3,(H,16,17,18)/t10-,11+/m1/s1. The highest BCUT2D eigenvalue weighted by molar-refractivity contribution is 7.15. The molecule has 20 heavy (non-hydrogen) atoms. The molecule has 0 unspecified atom stereocenters. The molecule has 1 aromatic rings. The average Bonchev–Trinajstić information content (AvgIpc) is 3.04. The Bertz CT molecular complexity index is 480. The van der Waals surface area contributed by atoms with Gasteiger partial charge in [-0.2, -0.15) is 0 Å². The number of amides is 1. The molecule has 1 aliphatic carbocycles. The van der Waals surface area contributed by atoms with Gasteiger partial charge in [0.05, 0.1) is 11.8 Å². The number of fused-ring (bicyclic) bond motifs is 1. The molecule has 0 aromatic carbocycles. The van der Waals surface area contributed by atoms with Crippen molar-refractivity contribution in [1.82, 2.24) is 4.98 Å². The number of rotatable bonds is 4. The lowest BCUT2D eigenvalue weighted by Crippen LogP contribution is -2.15. The molecule has 4 nitrogen and oxygen atoms in total. The van der Waals surface area contributed by atoms with E-state index in [2.05, 4.69) is 17.2 Å². The molecule has 0 radical (unpaired) electrons. The first-order valence-corrected chi connectivity index (χ1v) is 8.42. The van der Waals surface area contributed by atoms with Gasteiger partial charge in [0, 0.05) is 17.9 Å². The number of ether oxygens (including phenoxy) is 1. The Kier molecular flexibility index (Phi) is 4.36. The van der Waals surface area contributed by atoms with Crippen LogP contribution in [0.5, 0.6) is 0 Å². The van der Waals surface area contributed by atoms with Gasteiger partial charge >= 0.3 is 0 Å². The molecule has 0 saturated carbocycles. The van der Waals surface area contributed by atoms with E-state index in [0.717, 1.165) is 49.8 Å². The van der Waals surface area contributed by atoms with Crippen LogP contribution in [0, 0.1) is 5.92 Å². The highest BCUT2D eigenvalue weighted by Gasteiger charge is 2.21. The van der Waals surface area contributed by atoms with E-state index in [1.165, 1.54) is 17.0 Å². The maximum atomic E-state index is 11.9. The lowest BCUT2D eigenvalue weighted by Gasteiger charge is -2.15. The number of carbonyl (C=O) groups excluding carboxylic acids is 1. The number of carbonyl (C=O) groups is 1. The fourth-order valence-corrected chi connectivity index (χ4v) is 4.13. The zero-order chi connectivity index (χ0) is 13.9. The molecule has 2 aliphatic rings. The zero-order valence-electron chi connectivity index (χ0n) is 12.0. The lowest BCUT2D eigenvalue weighted by molar-refractivity contribution is -0.116. The number of nitrogens with one attached hydrogen (secondary N) is 1. The van der Waals surface area contributed by atoms with E-state index < -0.39 is 0 Å². The van der Waals surface area contributed by atoms with E-state index in [-0.39, 0.29) is 12.0 Å². The van der Waals surface area contributed by atoms with Gasteiger partial charge in [0.1, 0.15) is 0 Å². The molecule has 1 N–H and O–H groups in total. The SMILES string of the molecule is C[C@@H]1CCc2nc(NC(=O)CC[C@@H]3CCCO3)sc2C1. The summed E-state index contributed by atoms with van der Waals surface area (Å²) in [5, 5.41) is 3.73. The van der Waals surface area contributed by atoms with E-state index in [1.54, 1.807) is 11.3 Å². The molecule has 5 heteroatoms. The number of hydrogen-bond acceptors (Lipinski definition) is 4. The van der Waals surface area contributed by atoms with Crippen molar-refractivity contribution >= 4 is 22.4 Å². The monoisotopic (exact) mass is 294 g/mol. The quantitative estimate of drug-likeness (QED) is 0.928. The molecule has 1 saturated heterocycles. The minimum Gasteiger partial charge on any atom is -0.378 e. The second kappa shape index (κ2) is 6.22. The van der Waals surface area contributed by atoms with Gasteiger partial charge in [-0.05, 0) is 44.4 Å². The van der Waals surface area contributed by atoms with Crippen LogP contribution < -0.4 is 5.32 Å². The van der Waals surface area contributed by atoms with Crippen molar-refractivity contribution < 1.29 is 9.53 Å². The summed E-state index contributed by atoms with van der Waals surface area (Å²) in [6.07, 6.45) is 7.24. The summed E-state index contributed by atoms with van der Waals surface area (Å²) < 4.78 is 5.54. The van der Waals surface area contributed by atoms with Crippen molar-refractivity contribution in [3.63, 3.8) is 0 Å². The highest BCUT2D eigenvalue weighted by atomic mass is 32.1. The van der Waals surface area contributed by atoms with Crippen LogP contribution >= 0.6 is 11.3 Å². The number of aromatic nitrogens is 1. The van der Waals surface area contributed by atoms with Gasteiger partial charge in [-0.1, -0.05) is 6.92 Å². The average molecular weight is 294 g/mol. The smallest absolute Gasteiger partial charge is 0.226 e. The van der Waals surface area contributed by atoms with Crippen molar-refractivity contribution in [2.45, 2.75) is 58.0 Å².